The van der Waals surface area contributed by atoms with E-state index in [0.29, 0.717) is 36.4 Å². The normalized spacial score (nSPS) is 21.2. The summed E-state index contributed by atoms with van der Waals surface area (Å²) in [6.45, 7) is 7.61. The smallest absolute Gasteiger partial charge is 0.288 e. The molecule has 0 amide bonds. The van der Waals surface area contributed by atoms with Crippen LogP contribution in [-0.2, 0) is 11.3 Å². The molecule has 134 valence electrons. The summed E-state index contributed by atoms with van der Waals surface area (Å²) in [4.78, 5) is 18.2. The van der Waals surface area contributed by atoms with E-state index >= 15 is 0 Å². The summed E-state index contributed by atoms with van der Waals surface area (Å²) in [7, 11) is 0. The van der Waals surface area contributed by atoms with E-state index in [4.69, 9.17) is 16.3 Å². The van der Waals surface area contributed by atoms with Gasteiger partial charge < -0.3 is 15.0 Å². The predicted octanol–water partition coefficient (Wildman–Crippen LogP) is 3.45. The van der Waals surface area contributed by atoms with Crippen molar-refractivity contribution < 1.29 is 9.66 Å². The Hall–Kier alpha value is -1.38. The minimum atomic E-state index is -0.286. The molecular formula is C15H23ClN4O3S. The first-order valence-corrected chi connectivity index (χ1v) is 9.28. The highest BCUT2D eigenvalue weighted by Crippen LogP contribution is 2.32. The van der Waals surface area contributed by atoms with Crippen molar-refractivity contribution in [3.05, 3.63) is 37.2 Å². The summed E-state index contributed by atoms with van der Waals surface area (Å²) < 4.78 is 6.38. The van der Waals surface area contributed by atoms with Crippen molar-refractivity contribution in [2.24, 2.45) is 5.92 Å². The minimum absolute atomic E-state index is 0.152. The molecule has 0 fully saturated rings. The lowest BCUT2D eigenvalue weighted by Gasteiger charge is -2.39. The summed E-state index contributed by atoms with van der Waals surface area (Å²) in [5, 5.41) is 14.8. The molecule has 1 aliphatic rings. The van der Waals surface area contributed by atoms with Gasteiger partial charge in [-0.05, 0) is 13.3 Å². The van der Waals surface area contributed by atoms with Crippen molar-refractivity contribution in [3.8, 4) is 0 Å². The molecule has 2 rings (SSSR count). The Morgan fingerprint density at radius 3 is 2.88 bits per heavy atom. The summed E-state index contributed by atoms with van der Waals surface area (Å²) in [5.41, 5.74) is 0.212. The zero-order valence-electron chi connectivity index (χ0n) is 14.1. The Morgan fingerprint density at radius 2 is 2.33 bits per heavy atom. The second kappa shape index (κ2) is 8.64. The zero-order valence-corrected chi connectivity index (χ0v) is 15.7. The number of nitrogens with zero attached hydrogens (tertiary/aromatic N) is 3. The third-order valence-electron chi connectivity index (χ3n) is 3.91. The second-order valence-corrected chi connectivity index (χ2v) is 7.37. The molecule has 2 atom stereocenters. The molecule has 2 heterocycles. The minimum Gasteiger partial charge on any atom is -0.361 e. The van der Waals surface area contributed by atoms with Gasteiger partial charge >= 0.3 is 0 Å². The van der Waals surface area contributed by atoms with E-state index < -0.39 is 0 Å². The van der Waals surface area contributed by atoms with Crippen LogP contribution in [0.3, 0.4) is 0 Å². The largest absolute Gasteiger partial charge is 0.361 e. The highest BCUT2D eigenvalue weighted by Gasteiger charge is 2.39. The van der Waals surface area contributed by atoms with E-state index in [9.17, 15) is 10.1 Å². The predicted molar refractivity (Wildman–Crippen MR) is 94.2 cm³/mol. The fourth-order valence-electron chi connectivity index (χ4n) is 2.83. The lowest BCUT2D eigenvalue weighted by molar-refractivity contribution is -0.439. The van der Waals surface area contributed by atoms with Gasteiger partial charge in [0, 0.05) is 30.6 Å². The number of nitro groups is 1. The van der Waals surface area contributed by atoms with Crippen LogP contribution in [0.1, 0.15) is 38.5 Å². The number of hydrogen-bond donors (Lipinski definition) is 1. The SMILES string of the molecule is CCCOC1CC(C)C([N+](=O)[O-])=C(NCc2cnc(Cl)s2)N1CC. The Morgan fingerprint density at radius 1 is 1.58 bits per heavy atom. The number of aromatic nitrogens is 1. The van der Waals surface area contributed by atoms with Gasteiger partial charge in [0.05, 0.1) is 17.4 Å². The average molecular weight is 375 g/mol. The first-order valence-electron chi connectivity index (χ1n) is 8.08. The van der Waals surface area contributed by atoms with Crippen molar-refractivity contribution in [2.75, 3.05) is 13.2 Å². The van der Waals surface area contributed by atoms with Crippen molar-refractivity contribution >= 4 is 22.9 Å². The molecule has 0 saturated heterocycles. The number of hydrogen-bond acceptors (Lipinski definition) is 7. The number of halogens is 1. The van der Waals surface area contributed by atoms with Gasteiger partial charge in [0.15, 0.2) is 10.3 Å². The number of nitrogens with one attached hydrogen (secondary N) is 1. The molecule has 1 aromatic rings. The van der Waals surface area contributed by atoms with E-state index in [-0.39, 0.29) is 22.8 Å². The van der Waals surface area contributed by atoms with Crippen molar-refractivity contribution in [3.63, 3.8) is 0 Å². The molecule has 9 heteroatoms. The maximum atomic E-state index is 11.6. The number of allylic oxidation sites excluding steroid dienone is 1. The Bertz CT molecular complexity index is 607. The molecule has 0 spiro atoms. The monoisotopic (exact) mass is 374 g/mol. The zero-order chi connectivity index (χ0) is 17.7. The van der Waals surface area contributed by atoms with Crippen LogP contribution in [0.4, 0.5) is 0 Å². The molecule has 1 aliphatic heterocycles. The second-order valence-electron chi connectivity index (χ2n) is 5.67. The highest BCUT2D eigenvalue weighted by atomic mass is 35.5. The molecule has 24 heavy (non-hydrogen) atoms. The van der Waals surface area contributed by atoms with E-state index in [0.717, 1.165) is 11.3 Å². The van der Waals surface area contributed by atoms with Crippen molar-refractivity contribution in [1.29, 1.82) is 0 Å². The van der Waals surface area contributed by atoms with Gasteiger partial charge in [-0.15, -0.1) is 11.3 Å². The molecule has 0 radical (unpaired) electrons. The molecule has 2 unspecified atom stereocenters. The molecule has 0 aliphatic carbocycles. The Kier molecular flexibility index (Phi) is 6.82. The third-order valence-corrected chi connectivity index (χ3v) is 5.02. The van der Waals surface area contributed by atoms with E-state index in [1.54, 1.807) is 6.20 Å². The summed E-state index contributed by atoms with van der Waals surface area (Å²) >= 11 is 7.21. The van der Waals surface area contributed by atoms with E-state index in [1.165, 1.54) is 11.3 Å². The fraction of sp³-hybridized carbons (Fsp3) is 0.667. The van der Waals surface area contributed by atoms with Crippen LogP contribution in [0, 0.1) is 16.0 Å². The van der Waals surface area contributed by atoms with Gasteiger partial charge in [-0.1, -0.05) is 25.4 Å². The first-order chi connectivity index (χ1) is 11.5. The molecular weight excluding hydrogens is 352 g/mol. The van der Waals surface area contributed by atoms with Gasteiger partial charge in [-0.3, -0.25) is 10.1 Å². The van der Waals surface area contributed by atoms with Crippen LogP contribution < -0.4 is 5.32 Å². The van der Waals surface area contributed by atoms with E-state index in [2.05, 4.69) is 10.3 Å². The van der Waals surface area contributed by atoms with Crippen molar-refractivity contribution in [1.82, 2.24) is 15.2 Å². The maximum Gasteiger partial charge on any atom is 0.288 e. The van der Waals surface area contributed by atoms with Gasteiger partial charge in [0.1, 0.15) is 6.23 Å². The standard InChI is InChI=1S/C15H23ClN4O3S/c1-4-6-23-12-7-10(3)13(20(21)22)14(19(12)5-2)17-8-11-9-18-15(16)24-11/h9-10,12,17H,4-8H2,1-3H3. The molecule has 0 saturated carbocycles. The summed E-state index contributed by atoms with van der Waals surface area (Å²) in [5.74, 6) is 0.351. The van der Waals surface area contributed by atoms with Gasteiger partial charge in [-0.25, -0.2) is 4.98 Å². The lowest BCUT2D eigenvalue weighted by atomic mass is 9.97. The summed E-state index contributed by atoms with van der Waals surface area (Å²) in [6, 6.07) is 0. The van der Waals surface area contributed by atoms with Crippen molar-refractivity contribution in [2.45, 2.75) is 46.4 Å². The summed E-state index contributed by atoms with van der Waals surface area (Å²) in [6.07, 6.45) is 3.05. The van der Waals surface area contributed by atoms with E-state index in [1.807, 2.05) is 25.7 Å². The quantitative estimate of drug-likeness (QED) is 0.554. The average Bonchev–Trinajstić information content (AvgIpc) is 2.95. The fourth-order valence-corrected chi connectivity index (χ4v) is 3.75. The molecule has 1 aromatic heterocycles. The van der Waals surface area contributed by atoms with Gasteiger partial charge in [0.2, 0.25) is 0 Å². The van der Waals surface area contributed by atoms with Crippen LogP contribution in [0.15, 0.2) is 17.7 Å². The van der Waals surface area contributed by atoms with Crippen LogP contribution in [-0.4, -0.2) is 34.2 Å². The number of thiazole rings is 1. The van der Waals surface area contributed by atoms with Crippen LogP contribution in [0.25, 0.3) is 0 Å². The van der Waals surface area contributed by atoms with Gasteiger partial charge in [-0.2, -0.15) is 0 Å². The molecule has 0 aromatic carbocycles. The van der Waals surface area contributed by atoms with Crippen LogP contribution in [0.2, 0.25) is 4.47 Å². The number of ether oxygens (including phenoxy) is 1. The third kappa shape index (κ3) is 4.37. The molecule has 1 N–H and O–H groups in total. The Balaban J connectivity index is 2.26. The van der Waals surface area contributed by atoms with Gasteiger partial charge in [0.25, 0.3) is 5.70 Å². The topological polar surface area (TPSA) is 80.5 Å². The van der Waals surface area contributed by atoms with Crippen LogP contribution in [0.5, 0.6) is 0 Å². The molecule has 0 bridgehead atoms. The highest BCUT2D eigenvalue weighted by molar-refractivity contribution is 7.15. The Labute approximate surface area is 150 Å². The first kappa shape index (κ1) is 19.0. The molecule has 7 nitrogen and oxygen atoms in total. The number of rotatable bonds is 8. The lowest BCUT2D eigenvalue weighted by Crippen LogP contribution is -2.47. The maximum absolute atomic E-state index is 11.6. The van der Waals surface area contributed by atoms with Crippen LogP contribution >= 0.6 is 22.9 Å².